The Morgan fingerprint density at radius 3 is 2.31 bits per heavy atom. The third kappa shape index (κ3) is 3.93. The molecule has 0 N–H and O–H groups in total. The van der Waals surface area contributed by atoms with E-state index >= 15 is 0 Å². The molecule has 3 amide bonds. The fourth-order valence-corrected chi connectivity index (χ4v) is 4.54. The summed E-state index contributed by atoms with van der Waals surface area (Å²) in [6.45, 7) is 6.85. The number of amides is 3. The lowest BCUT2D eigenvalue weighted by Gasteiger charge is -2.35. The quantitative estimate of drug-likeness (QED) is 0.392. The Hall–Kier alpha value is -3.04. The van der Waals surface area contributed by atoms with Gasteiger partial charge in [0, 0.05) is 48.8 Å². The molecule has 0 bridgehead atoms. The number of carbonyl (C=O) groups is 3. The lowest BCUT2D eigenvalue weighted by atomic mass is 10.1. The Labute approximate surface area is 192 Å². The van der Waals surface area contributed by atoms with Crippen molar-refractivity contribution >= 4 is 52.0 Å². The minimum atomic E-state index is -0.395. The topological polar surface area (TPSA) is 75.1 Å². The number of benzene rings is 1. The maximum Gasteiger partial charge on any atom is 0.265 e. The number of rotatable bonds is 5. The molecule has 168 valence electrons. The molecule has 2 aliphatic rings. The second kappa shape index (κ2) is 9.22. The lowest BCUT2D eigenvalue weighted by molar-refractivity contribution is -0.136. The van der Waals surface area contributed by atoms with Crippen molar-refractivity contribution in [2.24, 2.45) is 0 Å². The molecule has 8 nitrogen and oxygen atoms in total. The Kier molecular flexibility index (Phi) is 6.38. The molecule has 0 aliphatic carbocycles. The summed E-state index contributed by atoms with van der Waals surface area (Å²) in [6, 6.07) is 7.66. The second-order valence-electron chi connectivity index (χ2n) is 7.66. The first kappa shape index (κ1) is 22.2. The number of nitrogens with zero attached hydrogens (tertiary/aromatic N) is 4. The van der Waals surface area contributed by atoms with Gasteiger partial charge in [0.15, 0.2) is 5.11 Å². The number of likely N-dealkylation sites (N-methyl/N-ethyl adjacent to an activating group) is 2. The molecule has 0 unspecified atom stereocenters. The van der Waals surface area contributed by atoms with E-state index in [1.54, 1.807) is 11.0 Å². The number of para-hydroxylation sites is 1. The van der Waals surface area contributed by atoms with Crippen LogP contribution in [0.4, 0.5) is 0 Å². The number of carbonyl (C=O) groups excluding carboxylic acids is 3. The standard InChI is InChI=1S/C23H26N4O4S/c1-3-26-21(29)18(22(30)27(4-2)23(26)32)13-16-14-25(19-8-6-5-7-17(16)19)15-20(28)24-9-11-31-12-10-24/h5-8,13-14H,3-4,9-12,15H2,1-2H3. The van der Waals surface area contributed by atoms with Crippen molar-refractivity contribution in [3.05, 3.63) is 41.6 Å². The molecule has 32 heavy (non-hydrogen) atoms. The van der Waals surface area contributed by atoms with Crippen molar-refractivity contribution in [2.45, 2.75) is 20.4 Å². The molecule has 0 radical (unpaired) electrons. The van der Waals surface area contributed by atoms with Gasteiger partial charge in [-0.05, 0) is 38.2 Å². The van der Waals surface area contributed by atoms with Crippen LogP contribution >= 0.6 is 12.2 Å². The number of morpholine rings is 1. The highest BCUT2D eigenvalue weighted by atomic mass is 32.1. The van der Waals surface area contributed by atoms with Gasteiger partial charge < -0.3 is 14.2 Å². The van der Waals surface area contributed by atoms with Crippen LogP contribution in [0.2, 0.25) is 0 Å². The fraction of sp³-hybridized carbons (Fsp3) is 0.391. The number of hydrogen-bond acceptors (Lipinski definition) is 5. The van der Waals surface area contributed by atoms with E-state index in [2.05, 4.69) is 0 Å². The summed E-state index contributed by atoms with van der Waals surface area (Å²) in [5, 5.41) is 1.11. The van der Waals surface area contributed by atoms with Gasteiger partial charge in [0.2, 0.25) is 5.91 Å². The third-order valence-corrected chi connectivity index (χ3v) is 6.27. The van der Waals surface area contributed by atoms with Crippen LogP contribution < -0.4 is 0 Å². The molecule has 4 rings (SSSR count). The molecule has 9 heteroatoms. The molecule has 0 spiro atoms. The molecule has 2 fully saturated rings. The normalized spacial score (nSPS) is 17.5. The SMILES string of the molecule is CCN1C(=O)C(=Cc2cn(CC(=O)N3CCOCC3)c3ccccc23)C(=O)N(CC)C1=S. The van der Waals surface area contributed by atoms with Gasteiger partial charge >= 0.3 is 0 Å². The molecule has 0 saturated carbocycles. The first-order valence-electron chi connectivity index (χ1n) is 10.8. The van der Waals surface area contributed by atoms with E-state index in [4.69, 9.17) is 17.0 Å². The predicted molar refractivity (Wildman–Crippen MR) is 125 cm³/mol. The van der Waals surface area contributed by atoms with Crippen LogP contribution in [0.3, 0.4) is 0 Å². The van der Waals surface area contributed by atoms with E-state index in [1.165, 1.54) is 9.80 Å². The highest BCUT2D eigenvalue weighted by molar-refractivity contribution is 7.80. The molecule has 3 heterocycles. The van der Waals surface area contributed by atoms with Gasteiger partial charge in [0.05, 0.1) is 13.2 Å². The smallest absolute Gasteiger partial charge is 0.265 e. The number of fused-ring (bicyclic) bond motifs is 1. The van der Waals surface area contributed by atoms with Gasteiger partial charge in [-0.25, -0.2) is 0 Å². The minimum Gasteiger partial charge on any atom is -0.378 e. The Balaban J connectivity index is 1.72. The van der Waals surface area contributed by atoms with Crippen molar-refractivity contribution in [3.63, 3.8) is 0 Å². The van der Waals surface area contributed by atoms with Crippen molar-refractivity contribution in [1.29, 1.82) is 0 Å². The summed E-state index contributed by atoms with van der Waals surface area (Å²) in [7, 11) is 0. The summed E-state index contributed by atoms with van der Waals surface area (Å²) in [6.07, 6.45) is 3.45. The van der Waals surface area contributed by atoms with Crippen molar-refractivity contribution in [3.8, 4) is 0 Å². The first-order chi connectivity index (χ1) is 15.5. The van der Waals surface area contributed by atoms with E-state index < -0.39 is 11.8 Å². The second-order valence-corrected chi connectivity index (χ2v) is 8.03. The van der Waals surface area contributed by atoms with Crippen molar-refractivity contribution < 1.29 is 19.1 Å². The molecular formula is C23H26N4O4S. The van der Waals surface area contributed by atoms with Crippen LogP contribution in [0.5, 0.6) is 0 Å². The van der Waals surface area contributed by atoms with E-state index in [9.17, 15) is 14.4 Å². The average Bonchev–Trinajstić information content (AvgIpc) is 3.15. The van der Waals surface area contributed by atoms with Crippen molar-refractivity contribution in [1.82, 2.24) is 19.3 Å². The number of ether oxygens (including phenoxy) is 1. The van der Waals surface area contributed by atoms with Gasteiger partial charge in [-0.2, -0.15) is 0 Å². The van der Waals surface area contributed by atoms with E-state index in [0.29, 0.717) is 45.0 Å². The number of hydrogen-bond donors (Lipinski definition) is 0. The maximum absolute atomic E-state index is 13.0. The summed E-state index contributed by atoms with van der Waals surface area (Å²) in [5.74, 6) is -0.778. The maximum atomic E-state index is 13.0. The average molecular weight is 455 g/mol. The molecule has 2 saturated heterocycles. The van der Waals surface area contributed by atoms with Crippen LogP contribution in [-0.4, -0.2) is 81.5 Å². The Morgan fingerprint density at radius 1 is 1.06 bits per heavy atom. The summed E-state index contributed by atoms with van der Waals surface area (Å²) in [5.41, 5.74) is 1.66. The number of thiocarbonyl (C=S) groups is 1. The molecule has 1 aromatic heterocycles. The molecule has 1 aromatic carbocycles. The Bertz CT molecular complexity index is 1090. The zero-order valence-corrected chi connectivity index (χ0v) is 19.1. The molecule has 2 aliphatic heterocycles. The summed E-state index contributed by atoms with van der Waals surface area (Å²) in [4.78, 5) is 43.5. The highest BCUT2D eigenvalue weighted by Gasteiger charge is 2.38. The van der Waals surface area contributed by atoms with E-state index in [-0.39, 0.29) is 23.1 Å². The van der Waals surface area contributed by atoms with Gasteiger partial charge in [-0.1, -0.05) is 18.2 Å². The third-order valence-electron chi connectivity index (χ3n) is 5.83. The van der Waals surface area contributed by atoms with Gasteiger partial charge in [-0.15, -0.1) is 0 Å². The van der Waals surface area contributed by atoms with Crippen molar-refractivity contribution in [2.75, 3.05) is 39.4 Å². The zero-order chi connectivity index (χ0) is 22.8. The molecular weight excluding hydrogens is 428 g/mol. The van der Waals surface area contributed by atoms with Gasteiger partial charge in [-0.3, -0.25) is 24.2 Å². The van der Waals surface area contributed by atoms with Gasteiger partial charge in [0.25, 0.3) is 11.8 Å². The summed E-state index contributed by atoms with van der Waals surface area (Å²) >= 11 is 5.34. The van der Waals surface area contributed by atoms with Crippen LogP contribution in [-0.2, 0) is 25.7 Å². The zero-order valence-electron chi connectivity index (χ0n) is 18.2. The van der Waals surface area contributed by atoms with E-state index in [0.717, 1.165) is 10.9 Å². The monoisotopic (exact) mass is 454 g/mol. The van der Waals surface area contributed by atoms with Crippen LogP contribution in [0.1, 0.15) is 19.4 Å². The van der Waals surface area contributed by atoms with Crippen LogP contribution in [0.25, 0.3) is 17.0 Å². The molecule has 0 atom stereocenters. The predicted octanol–water partition coefficient (Wildman–Crippen LogP) is 1.88. The van der Waals surface area contributed by atoms with E-state index in [1.807, 2.05) is 48.9 Å². The lowest BCUT2D eigenvalue weighted by Crippen LogP contribution is -2.55. The fourth-order valence-electron chi connectivity index (χ4n) is 4.12. The largest absolute Gasteiger partial charge is 0.378 e. The van der Waals surface area contributed by atoms with Crippen LogP contribution in [0.15, 0.2) is 36.0 Å². The first-order valence-corrected chi connectivity index (χ1v) is 11.2. The number of aromatic nitrogens is 1. The molecule has 2 aromatic rings. The Morgan fingerprint density at radius 2 is 1.69 bits per heavy atom. The highest BCUT2D eigenvalue weighted by Crippen LogP contribution is 2.26. The summed E-state index contributed by atoms with van der Waals surface area (Å²) < 4.78 is 7.21. The minimum absolute atomic E-state index is 0.0118. The van der Waals surface area contributed by atoms with Gasteiger partial charge in [0.1, 0.15) is 12.1 Å². The van der Waals surface area contributed by atoms with Crippen LogP contribution in [0, 0.1) is 0 Å².